The number of anilines is 1. The molecule has 6 heteroatoms. The Hall–Kier alpha value is -2.89. The average Bonchev–Trinajstić information content (AvgIpc) is 3.27. The van der Waals surface area contributed by atoms with Gasteiger partial charge in [0.15, 0.2) is 5.65 Å². The molecule has 0 atom stereocenters. The number of aryl methyl sites for hydroxylation is 1. The average molecular weight is 389 g/mol. The lowest BCUT2D eigenvalue weighted by molar-refractivity contribution is 0.396. The first-order valence-corrected chi connectivity index (χ1v) is 10.5. The van der Waals surface area contributed by atoms with Gasteiger partial charge >= 0.3 is 0 Å². The van der Waals surface area contributed by atoms with Crippen molar-refractivity contribution >= 4 is 22.5 Å². The molecule has 29 heavy (non-hydrogen) atoms. The summed E-state index contributed by atoms with van der Waals surface area (Å²) in [5.41, 5.74) is 9.07. The van der Waals surface area contributed by atoms with Crippen LogP contribution in [-0.2, 0) is 0 Å². The van der Waals surface area contributed by atoms with Crippen LogP contribution in [0.15, 0.2) is 24.7 Å². The van der Waals surface area contributed by atoms with Crippen molar-refractivity contribution in [2.45, 2.75) is 47.0 Å². The van der Waals surface area contributed by atoms with Gasteiger partial charge in [-0.3, -0.25) is 0 Å². The van der Waals surface area contributed by atoms with E-state index in [0.29, 0.717) is 5.92 Å². The van der Waals surface area contributed by atoms with E-state index in [9.17, 15) is 0 Å². The molecule has 0 aliphatic carbocycles. The molecule has 0 radical (unpaired) electrons. The third-order valence-corrected chi connectivity index (χ3v) is 6.50. The van der Waals surface area contributed by atoms with Gasteiger partial charge in [0.2, 0.25) is 0 Å². The maximum absolute atomic E-state index is 5.10. The maximum atomic E-state index is 5.10. The van der Waals surface area contributed by atoms with Gasteiger partial charge in [0, 0.05) is 30.4 Å². The summed E-state index contributed by atoms with van der Waals surface area (Å²) in [4.78, 5) is 15.6. The minimum Gasteiger partial charge on any atom is -0.356 e. The van der Waals surface area contributed by atoms with E-state index >= 15 is 0 Å². The van der Waals surface area contributed by atoms with Crippen LogP contribution in [0.3, 0.4) is 0 Å². The Morgan fingerprint density at radius 1 is 1.17 bits per heavy atom. The quantitative estimate of drug-likeness (QED) is 0.542. The first kappa shape index (κ1) is 18.2. The Morgan fingerprint density at radius 3 is 2.69 bits per heavy atom. The topological polar surface area (TPSA) is 62.1 Å². The first-order chi connectivity index (χ1) is 14.0. The number of nitrogens with zero attached hydrogens (tertiary/aromatic N) is 5. The fourth-order valence-corrected chi connectivity index (χ4v) is 4.50. The second kappa shape index (κ2) is 6.58. The number of aromatic amines is 1. The Bertz CT molecular complexity index is 1210. The molecule has 5 rings (SSSR count). The number of pyridine rings is 2. The van der Waals surface area contributed by atoms with Crippen LogP contribution in [0, 0.1) is 19.8 Å². The van der Waals surface area contributed by atoms with Gasteiger partial charge in [-0.25, -0.2) is 14.5 Å². The van der Waals surface area contributed by atoms with Crippen LogP contribution in [0.4, 0.5) is 5.82 Å². The van der Waals surface area contributed by atoms with Crippen LogP contribution in [0.25, 0.3) is 27.9 Å². The summed E-state index contributed by atoms with van der Waals surface area (Å²) in [6.45, 7) is 13.3. The van der Waals surface area contributed by atoms with Crippen molar-refractivity contribution in [3.05, 3.63) is 41.3 Å². The number of H-pyrrole nitrogens is 1. The van der Waals surface area contributed by atoms with E-state index in [1.165, 1.54) is 23.1 Å². The van der Waals surface area contributed by atoms with Crippen molar-refractivity contribution in [2.24, 2.45) is 5.92 Å². The summed E-state index contributed by atoms with van der Waals surface area (Å²) in [7, 11) is 0. The van der Waals surface area contributed by atoms with Crippen LogP contribution in [0.1, 0.15) is 49.8 Å². The van der Waals surface area contributed by atoms with Crippen LogP contribution >= 0.6 is 0 Å². The van der Waals surface area contributed by atoms with Gasteiger partial charge in [-0.2, -0.15) is 5.10 Å². The Labute approximate surface area is 171 Å². The second-order valence-electron chi connectivity index (χ2n) is 8.63. The minimum atomic E-state index is 0.354. The summed E-state index contributed by atoms with van der Waals surface area (Å²) < 4.78 is 1.87. The fraction of sp³-hybridized carbons (Fsp3) is 0.435. The highest BCUT2D eigenvalue weighted by atomic mass is 15.3. The van der Waals surface area contributed by atoms with E-state index in [4.69, 9.17) is 4.98 Å². The highest BCUT2D eigenvalue weighted by Crippen LogP contribution is 2.38. The molecule has 5 heterocycles. The van der Waals surface area contributed by atoms with Crippen molar-refractivity contribution in [1.29, 1.82) is 0 Å². The third-order valence-electron chi connectivity index (χ3n) is 6.50. The lowest BCUT2D eigenvalue weighted by Gasteiger charge is -2.39. The SMILES string of the molecule is CCC1CN(c2ccc3[nH]c(-c4cn5ncnc5c(C)c4C)c(C(C)C)c3n2)C1. The predicted molar refractivity (Wildman–Crippen MR) is 118 cm³/mol. The molecule has 1 fully saturated rings. The van der Waals surface area contributed by atoms with Crippen molar-refractivity contribution in [2.75, 3.05) is 18.0 Å². The number of nitrogens with one attached hydrogen (secondary N) is 1. The largest absolute Gasteiger partial charge is 0.356 e. The Kier molecular flexibility index (Phi) is 4.12. The number of rotatable bonds is 4. The number of hydrogen-bond acceptors (Lipinski definition) is 4. The van der Waals surface area contributed by atoms with Gasteiger partial charge < -0.3 is 9.88 Å². The van der Waals surface area contributed by atoms with Crippen LogP contribution < -0.4 is 4.90 Å². The van der Waals surface area contributed by atoms with Crippen molar-refractivity contribution in [1.82, 2.24) is 24.6 Å². The molecular formula is C23H28N6. The molecule has 0 saturated carbocycles. The molecule has 0 bridgehead atoms. The normalized spacial score (nSPS) is 15.0. The molecule has 4 aromatic heterocycles. The molecule has 1 aliphatic heterocycles. The number of aromatic nitrogens is 5. The minimum absolute atomic E-state index is 0.354. The summed E-state index contributed by atoms with van der Waals surface area (Å²) in [5, 5.41) is 4.38. The number of hydrogen-bond donors (Lipinski definition) is 1. The summed E-state index contributed by atoms with van der Waals surface area (Å²) in [6.07, 6.45) is 4.95. The maximum Gasteiger partial charge on any atom is 0.158 e. The third kappa shape index (κ3) is 2.73. The zero-order chi connectivity index (χ0) is 20.3. The molecule has 1 N–H and O–H groups in total. The van der Waals surface area contributed by atoms with Gasteiger partial charge in [-0.05, 0) is 55.4 Å². The van der Waals surface area contributed by atoms with E-state index in [1.807, 2.05) is 4.52 Å². The monoisotopic (exact) mass is 388 g/mol. The van der Waals surface area contributed by atoms with E-state index in [2.05, 4.69) is 72.9 Å². The smallest absolute Gasteiger partial charge is 0.158 e. The molecule has 150 valence electrons. The molecule has 6 nitrogen and oxygen atoms in total. The molecule has 4 aromatic rings. The molecule has 1 aliphatic rings. The lowest BCUT2D eigenvalue weighted by Crippen LogP contribution is -2.46. The van der Waals surface area contributed by atoms with E-state index in [0.717, 1.165) is 52.8 Å². The van der Waals surface area contributed by atoms with Crippen molar-refractivity contribution in [3.63, 3.8) is 0 Å². The van der Waals surface area contributed by atoms with Gasteiger partial charge in [-0.1, -0.05) is 20.8 Å². The van der Waals surface area contributed by atoms with Crippen molar-refractivity contribution < 1.29 is 0 Å². The zero-order valence-electron chi connectivity index (χ0n) is 17.8. The zero-order valence-corrected chi connectivity index (χ0v) is 17.8. The van der Waals surface area contributed by atoms with E-state index in [-0.39, 0.29) is 0 Å². The van der Waals surface area contributed by atoms with Crippen LogP contribution in [-0.4, -0.2) is 37.7 Å². The molecule has 1 saturated heterocycles. The first-order valence-electron chi connectivity index (χ1n) is 10.5. The second-order valence-corrected chi connectivity index (χ2v) is 8.63. The highest BCUT2D eigenvalue weighted by molar-refractivity contribution is 5.90. The van der Waals surface area contributed by atoms with E-state index < -0.39 is 0 Å². The van der Waals surface area contributed by atoms with Crippen LogP contribution in [0.5, 0.6) is 0 Å². The molecule has 0 amide bonds. The van der Waals surface area contributed by atoms with E-state index in [1.54, 1.807) is 6.33 Å². The fourth-order valence-electron chi connectivity index (χ4n) is 4.50. The summed E-state index contributed by atoms with van der Waals surface area (Å²) in [6, 6.07) is 4.33. The van der Waals surface area contributed by atoms with Crippen LogP contribution in [0.2, 0.25) is 0 Å². The van der Waals surface area contributed by atoms with Gasteiger partial charge in [0.05, 0.1) is 16.7 Å². The molecule has 0 unspecified atom stereocenters. The molecular weight excluding hydrogens is 360 g/mol. The van der Waals surface area contributed by atoms with Gasteiger partial charge in [0.25, 0.3) is 0 Å². The molecule has 0 spiro atoms. The predicted octanol–water partition coefficient (Wildman–Crippen LogP) is 4.86. The van der Waals surface area contributed by atoms with Gasteiger partial charge in [-0.15, -0.1) is 0 Å². The molecule has 0 aromatic carbocycles. The van der Waals surface area contributed by atoms with Gasteiger partial charge in [0.1, 0.15) is 12.1 Å². The van der Waals surface area contributed by atoms with Crippen molar-refractivity contribution in [3.8, 4) is 11.3 Å². The standard InChI is InChI=1S/C23H28N6/c1-6-16-9-28(10-16)19-8-7-18-22(27-19)20(13(2)3)21(26-18)17-11-29-23(24-12-25-29)15(5)14(17)4/h7-8,11-13,16,26H,6,9-10H2,1-5H3. The lowest BCUT2D eigenvalue weighted by atomic mass is 9.95. The Morgan fingerprint density at radius 2 is 1.97 bits per heavy atom. The number of fused-ring (bicyclic) bond motifs is 2. The highest BCUT2D eigenvalue weighted by Gasteiger charge is 2.27. The summed E-state index contributed by atoms with van der Waals surface area (Å²) in [5.74, 6) is 2.25. The Balaban J connectivity index is 1.68. The summed E-state index contributed by atoms with van der Waals surface area (Å²) >= 11 is 0.